The Morgan fingerprint density at radius 1 is 1.00 bits per heavy atom. The molecule has 0 atom stereocenters. The second-order valence-electron chi connectivity index (χ2n) is 6.92. The summed E-state index contributed by atoms with van der Waals surface area (Å²) < 4.78 is 5.80. The number of rotatable bonds is 4. The van der Waals surface area contributed by atoms with Crippen LogP contribution in [-0.4, -0.2) is 64.6 Å². The van der Waals surface area contributed by atoms with Gasteiger partial charge >= 0.3 is 0 Å². The maximum absolute atomic E-state index is 12.5. The van der Waals surface area contributed by atoms with Crippen LogP contribution in [0.5, 0.6) is 5.75 Å². The quantitative estimate of drug-likeness (QED) is 0.850. The van der Waals surface area contributed by atoms with E-state index in [1.165, 1.54) is 12.1 Å². The summed E-state index contributed by atoms with van der Waals surface area (Å²) in [7, 11) is 0. The van der Waals surface area contributed by atoms with Gasteiger partial charge in [0.15, 0.2) is 6.61 Å². The third-order valence-corrected chi connectivity index (χ3v) is 5.03. The summed E-state index contributed by atoms with van der Waals surface area (Å²) in [5, 5.41) is 6.02. The number of nitrogens with zero attached hydrogens (tertiary/aromatic N) is 3. The number of piperazine rings is 1. The highest BCUT2D eigenvalue weighted by Crippen LogP contribution is 2.25. The summed E-state index contributed by atoms with van der Waals surface area (Å²) in [5.74, 6) is 0.395. The minimum atomic E-state index is -0.356. The van der Waals surface area contributed by atoms with Crippen molar-refractivity contribution in [3.8, 4) is 5.75 Å². The lowest BCUT2D eigenvalue weighted by Crippen LogP contribution is -2.51. The molecular formula is C20H24N4O4. The van der Waals surface area contributed by atoms with Gasteiger partial charge in [-0.25, -0.2) is 5.10 Å². The van der Waals surface area contributed by atoms with Crippen molar-refractivity contribution in [2.45, 2.75) is 20.8 Å². The van der Waals surface area contributed by atoms with Crippen molar-refractivity contribution in [3.05, 3.63) is 57.0 Å². The van der Waals surface area contributed by atoms with E-state index in [1.807, 2.05) is 32.9 Å². The molecule has 3 rings (SSSR count). The second kappa shape index (κ2) is 8.24. The monoisotopic (exact) mass is 384 g/mol. The molecular weight excluding hydrogens is 360 g/mol. The zero-order chi connectivity index (χ0) is 20.3. The topological polar surface area (TPSA) is 95.6 Å². The van der Waals surface area contributed by atoms with Crippen LogP contribution >= 0.6 is 0 Å². The van der Waals surface area contributed by atoms with Crippen molar-refractivity contribution in [1.29, 1.82) is 0 Å². The fourth-order valence-corrected chi connectivity index (χ4v) is 3.16. The first-order valence-electron chi connectivity index (χ1n) is 9.19. The first-order chi connectivity index (χ1) is 13.4. The van der Waals surface area contributed by atoms with Gasteiger partial charge in [-0.3, -0.25) is 14.4 Å². The summed E-state index contributed by atoms with van der Waals surface area (Å²) in [6, 6.07) is 6.69. The number of H-pyrrole nitrogens is 1. The van der Waals surface area contributed by atoms with Crippen molar-refractivity contribution >= 4 is 11.8 Å². The van der Waals surface area contributed by atoms with Crippen LogP contribution in [0.15, 0.2) is 29.1 Å². The van der Waals surface area contributed by atoms with E-state index in [9.17, 15) is 14.4 Å². The number of carbonyl (C=O) groups excluding carboxylic acids is 2. The lowest BCUT2D eigenvalue weighted by atomic mass is 10.1. The number of benzene rings is 1. The predicted molar refractivity (Wildman–Crippen MR) is 103 cm³/mol. The number of aromatic nitrogens is 2. The van der Waals surface area contributed by atoms with Crippen molar-refractivity contribution < 1.29 is 14.3 Å². The van der Waals surface area contributed by atoms with Gasteiger partial charge in [-0.05, 0) is 43.5 Å². The van der Waals surface area contributed by atoms with Crippen molar-refractivity contribution in [2.75, 3.05) is 32.8 Å². The van der Waals surface area contributed by atoms with Crippen LogP contribution < -0.4 is 10.3 Å². The van der Waals surface area contributed by atoms with Crippen LogP contribution in [-0.2, 0) is 4.79 Å². The van der Waals surface area contributed by atoms with Crippen LogP contribution in [0, 0.1) is 20.8 Å². The average Bonchev–Trinajstić information content (AvgIpc) is 2.71. The molecule has 1 saturated heterocycles. The number of hydrogen-bond acceptors (Lipinski definition) is 5. The third-order valence-electron chi connectivity index (χ3n) is 5.03. The Morgan fingerprint density at radius 3 is 2.29 bits per heavy atom. The van der Waals surface area contributed by atoms with Gasteiger partial charge in [0.25, 0.3) is 17.4 Å². The summed E-state index contributed by atoms with van der Waals surface area (Å²) in [5.41, 5.74) is 2.99. The molecule has 0 saturated carbocycles. The van der Waals surface area contributed by atoms with E-state index < -0.39 is 0 Å². The molecule has 0 unspecified atom stereocenters. The van der Waals surface area contributed by atoms with Gasteiger partial charge in [0, 0.05) is 32.2 Å². The van der Waals surface area contributed by atoms with E-state index in [2.05, 4.69) is 10.2 Å². The minimum absolute atomic E-state index is 0.0272. The number of hydrogen-bond donors (Lipinski definition) is 1. The number of aryl methyl sites for hydroxylation is 2. The summed E-state index contributed by atoms with van der Waals surface area (Å²) in [4.78, 5) is 39.3. The Morgan fingerprint density at radius 2 is 1.64 bits per heavy atom. The predicted octanol–water partition coefficient (Wildman–Crippen LogP) is 1.06. The van der Waals surface area contributed by atoms with Crippen LogP contribution in [0.25, 0.3) is 0 Å². The Labute approximate surface area is 163 Å². The van der Waals surface area contributed by atoms with Crippen molar-refractivity contribution in [3.63, 3.8) is 0 Å². The highest BCUT2D eigenvalue weighted by molar-refractivity contribution is 5.92. The summed E-state index contributed by atoms with van der Waals surface area (Å²) >= 11 is 0. The Balaban J connectivity index is 1.54. The Hall–Kier alpha value is -3.16. The summed E-state index contributed by atoms with van der Waals surface area (Å²) in [6.07, 6.45) is 0. The maximum Gasteiger partial charge on any atom is 0.274 e. The Kier molecular flexibility index (Phi) is 5.77. The number of carbonyl (C=O) groups is 2. The molecule has 8 nitrogen and oxygen atoms in total. The molecule has 2 amide bonds. The normalized spacial score (nSPS) is 14.1. The third kappa shape index (κ3) is 4.21. The van der Waals surface area contributed by atoms with Crippen LogP contribution in [0.1, 0.15) is 27.2 Å². The smallest absolute Gasteiger partial charge is 0.274 e. The fraction of sp³-hybridized carbons (Fsp3) is 0.400. The largest absolute Gasteiger partial charge is 0.483 e. The number of amides is 2. The fourth-order valence-electron chi connectivity index (χ4n) is 3.16. The second-order valence-corrected chi connectivity index (χ2v) is 6.92. The highest BCUT2D eigenvalue weighted by Gasteiger charge is 2.26. The zero-order valence-electron chi connectivity index (χ0n) is 16.3. The molecule has 0 bridgehead atoms. The molecule has 1 aliphatic heterocycles. The van der Waals surface area contributed by atoms with E-state index in [1.54, 1.807) is 9.80 Å². The first kappa shape index (κ1) is 19.6. The molecule has 2 heterocycles. The molecule has 0 radical (unpaired) electrons. The molecule has 1 aromatic carbocycles. The maximum atomic E-state index is 12.5. The lowest BCUT2D eigenvalue weighted by molar-refractivity contribution is -0.134. The van der Waals surface area contributed by atoms with E-state index in [0.29, 0.717) is 26.2 Å². The standard InChI is InChI=1S/C20H24N4O4/c1-13-4-5-14(2)19(15(13)3)28-12-18(26)23-8-10-24(11-9-23)20(27)16-6-7-17(25)22-21-16/h4-7H,8-12H2,1-3H3,(H,22,25). The molecule has 1 aromatic heterocycles. The van der Waals surface area contributed by atoms with Gasteiger partial charge in [0.2, 0.25) is 0 Å². The minimum Gasteiger partial charge on any atom is -0.483 e. The van der Waals surface area contributed by atoms with Crippen molar-refractivity contribution in [2.24, 2.45) is 0 Å². The van der Waals surface area contributed by atoms with Gasteiger partial charge in [-0.1, -0.05) is 12.1 Å². The van der Waals surface area contributed by atoms with E-state index in [4.69, 9.17) is 4.74 Å². The van der Waals surface area contributed by atoms with E-state index >= 15 is 0 Å². The molecule has 28 heavy (non-hydrogen) atoms. The van der Waals surface area contributed by atoms with Gasteiger partial charge in [0.05, 0.1) is 0 Å². The van der Waals surface area contributed by atoms with Crippen LogP contribution in [0.2, 0.25) is 0 Å². The molecule has 0 spiro atoms. The van der Waals surface area contributed by atoms with Gasteiger partial charge < -0.3 is 14.5 Å². The molecule has 1 N–H and O–H groups in total. The van der Waals surface area contributed by atoms with Gasteiger partial charge in [0.1, 0.15) is 11.4 Å². The number of nitrogens with one attached hydrogen (secondary N) is 1. The van der Waals surface area contributed by atoms with Gasteiger partial charge in [-0.2, -0.15) is 5.10 Å². The number of ether oxygens (including phenoxy) is 1. The Bertz CT molecular complexity index is 925. The lowest BCUT2D eigenvalue weighted by Gasteiger charge is -2.34. The summed E-state index contributed by atoms with van der Waals surface area (Å²) in [6.45, 7) is 7.62. The van der Waals surface area contributed by atoms with Crippen LogP contribution in [0.4, 0.5) is 0 Å². The number of aromatic amines is 1. The highest BCUT2D eigenvalue weighted by atomic mass is 16.5. The molecule has 2 aromatic rings. The molecule has 1 fully saturated rings. The molecule has 148 valence electrons. The van der Waals surface area contributed by atoms with Crippen molar-refractivity contribution in [1.82, 2.24) is 20.0 Å². The van der Waals surface area contributed by atoms with Crippen LogP contribution in [0.3, 0.4) is 0 Å². The molecule has 0 aliphatic carbocycles. The van der Waals surface area contributed by atoms with E-state index in [0.717, 1.165) is 22.4 Å². The van der Waals surface area contributed by atoms with Gasteiger partial charge in [-0.15, -0.1) is 0 Å². The molecule has 8 heteroatoms. The SMILES string of the molecule is Cc1ccc(C)c(OCC(=O)N2CCN(C(=O)c3ccc(=O)[nH]n3)CC2)c1C. The average molecular weight is 384 g/mol. The van der Waals surface area contributed by atoms with E-state index in [-0.39, 0.29) is 29.7 Å². The first-order valence-corrected chi connectivity index (χ1v) is 9.19. The molecule has 1 aliphatic rings. The zero-order valence-corrected chi connectivity index (χ0v) is 16.3.